The first-order chi connectivity index (χ1) is 15.4. The number of hydrogen-bond acceptors (Lipinski definition) is 7. The Balaban J connectivity index is 1.73. The molecule has 0 aliphatic heterocycles. The summed E-state index contributed by atoms with van der Waals surface area (Å²) < 4.78 is 17.2. The van der Waals surface area contributed by atoms with Gasteiger partial charge in [0.15, 0.2) is 0 Å². The van der Waals surface area contributed by atoms with Crippen molar-refractivity contribution in [2.45, 2.75) is 19.8 Å². The molecule has 2 N–H and O–H groups in total. The number of ether oxygens (including phenoxy) is 2. The van der Waals surface area contributed by atoms with Gasteiger partial charge in [-0.25, -0.2) is 9.97 Å². The summed E-state index contributed by atoms with van der Waals surface area (Å²) in [5.74, 6) is 0.725. The van der Waals surface area contributed by atoms with E-state index in [1.54, 1.807) is 44.3 Å². The first-order valence-electron chi connectivity index (χ1n) is 9.87. The van der Waals surface area contributed by atoms with E-state index in [0.29, 0.717) is 57.0 Å². The minimum atomic E-state index is -0.897. The number of aryl methyl sites for hydroxylation is 2. The molecular weight excluding hydrogens is 414 g/mol. The van der Waals surface area contributed by atoms with Crippen LogP contribution in [-0.2, 0) is 11.2 Å². The molecule has 9 heteroatoms. The number of amides is 1. The van der Waals surface area contributed by atoms with Crippen LogP contribution >= 0.6 is 0 Å². The molecule has 2 heterocycles. The van der Waals surface area contributed by atoms with Crippen LogP contribution in [0.3, 0.4) is 0 Å². The maximum atomic E-state index is 12.1. The SMILES string of the molecule is CNC(=O)c1c(C)oc2cc(Oc3ncnc4cc(OC)c(CCC(=O)O)cc34)ccc12. The predicted molar refractivity (Wildman–Crippen MR) is 116 cm³/mol. The number of carboxylic acids is 1. The third kappa shape index (κ3) is 3.92. The first kappa shape index (κ1) is 21.1. The first-order valence-corrected chi connectivity index (χ1v) is 9.87. The van der Waals surface area contributed by atoms with Crippen LogP contribution in [0, 0.1) is 6.92 Å². The second kappa shape index (κ2) is 8.54. The quantitative estimate of drug-likeness (QED) is 0.448. The van der Waals surface area contributed by atoms with E-state index in [9.17, 15) is 9.59 Å². The van der Waals surface area contributed by atoms with E-state index in [4.69, 9.17) is 19.0 Å². The second-order valence-corrected chi connectivity index (χ2v) is 7.13. The average Bonchev–Trinajstić information content (AvgIpc) is 3.11. The number of hydrogen-bond donors (Lipinski definition) is 2. The average molecular weight is 435 g/mol. The summed E-state index contributed by atoms with van der Waals surface area (Å²) in [5.41, 5.74) is 2.31. The zero-order chi connectivity index (χ0) is 22.8. The Bertz CT molecular complexity index is 1340. The fraction of sp³-hybridized carbons (Fsp3) is 0.217. The van der Waals surface area contributed by atoms with Gasteiger partial charge < -0.3 is 24.3 Å². The summed E-state index contributed by atoms with van der Waals surface area (Å²) >= 11 is 0. The van der Waals surface area contributed by atoms with Gasteiger partial charge in [0.05, 0.1) is 23.6 Å². The van der Waals surface area contributed by atoms with Gasteiger partial charge >= 0.3 is 5.97 Å². The van der Waals surface area contributed by atoms with E-state index in [-0.39, 0.29) is 12.3 Å². The topological polar surface area (TPSA) is 124 Å². The van der Waals surface area contributed by atoms with Gasteiger partial charge in [0, 0.05) is 31.0 Å². The number of aliphatic carboxylic acids is 1. The normalized spacial score (nSPS) is 11.0. The summed E-state index contributed by atoms with van der Waals surface area (Å²) in [6.07, 6.45) is 1.64. The standard InChI is InChI=1S/C23H21N3O6/c1-12-21(22(29)24-2)15-6-5-14(9-19(15)31-12)32-23-16-8-13(4-7-20(27)28)18(30-3)10-17(16)25-11-26-23/h5-6,8-11H,4,7H2,1-3H3,(H,24,29)(H,27,28). The van der Waals surface area contributed by atoms with Crippen molar-refractivity contribution >= 4 is 33.7 Å². The zero-order valence-corrected chi connectivity index (χ0v) is 17.8. The van der Waals surface area contributed by atoms with Crippen molar-refractivity contribution in [3.63, 3.8) is 0 Å². The second-order valence-electron chi connectivity index (χ2n) is 7.13. The highest BCUT2D eigenvalue weighted by Gasteiger charge is 2.18. The van der Waals surface area contributed by atoms with Gasteiger partial charge in [-0.2, -0.15) is 0 Å². The number of rotatable bonds is 7. The van der Waals surface area contributed by atoms with Crippen molar-refractivity contribution in [1.82, 2.24) is 15.3 Å². The van der Waals surface area contributed by atoms with Crippen LogP contribution in [0.1, 0.15) is 28.1 Å². The highest BCUT2D eigenvalue weighted by Crippen LogP contribution is 2.34. The van der Waals surface area contributed by atoms with Gasteiger partial charge in [-0.3, -0.25) is 9.59 Å². The van der Waals surface area contributed by atoms with Gasteiger partial charge in [0.2, 0.25) is 5.88 Å². The number of carbonyl (C=O) groups is 2. The van der Waals surface area contributed by atoms with Crippen molar-refractivity contribution < 1.29 is 28.6 Å². The van der Waals surface area contributed by atoms with Crippen LogP contribution in [0.2, 0.25) is 0 Å². The Morgan fingerprint density at radius 2 is 1.97 bits per heavy atom. The molecule has 0 radical (unpaired) electrons. The molecule has 9 nitrogen and oxygen atoms in total. The molecule has 0 spiro atoms. The van der Waals surface area contributed by atoms with E-state index < -0.39 is 5.97 Å². The van der Waals surface area contributed by atoms with Crippen LogP contribution in [-0.4, -0.2) is 41.1 Å². The third-order valence-electron chi connectivity index (χ3n) is 5.12. The summed E-state index contributed by atoms with van der Waals surface area (Å²) in [7, 11) is 3.09. The summed E-state index contributed by atoms with van der Waals surface area (Å²) in [5, 5.41) is 13.0. The van der Waals surface area contributed by atoms with Crippen molar-refractivity contribution in [2.75, 3.05) is 14.2 Å². The van der Waals surface area contributed by atoms with Crippen molar-refractivity contribution in [3.8, 4) is 17.4 Å². The Morgan fingerprint density at radius 1 is 1.16 bits per heavy atom. The number of nitrogens with one attached hydrogen (secondary N) is 1. The fourth-order valence-corrected chi connectivity index (χ4v) is 3.59. The molecule has 164 valence electrons. The lowest BCUT2D eigenvalue weighted by Gasteiger charge is -2.12. The molecule has 4 rings (SSSR count). The molecule has 0 fully saturated rings. The monoisotopic (exact) mass is 435 g/mol. The van der Waals surface area contributed by atoms with Crippen molar-refractivity contribution in [1.29, 1.82) is 0 Å². The predicted octanol–water partition coefficient (Wildman–Crippen LogP) is 3.86. The molecule has 0 aliphatic rings. The van der Waals surface area contributed by atoms with E-state index in [2.05, 4.69) is 15.3 Å². The molecule has 0 atom stereocenters. The maximum Gasteiger partial charge on any atom is 0.303 e. The minimum absolute atomic E-state index is 0.0338. The summed E-state index contributed by atoms with van der Waals surface area (Å²) in [6.45, 7) is 1.73. The Hall–Kier alpha value is -4.14. The molecule has 1 amide bonds. The lowest BCUT2D eigenvalue weighted by Crippen LogP contribution is -2.18. The largest absolute Gasteiger partial charge is 0.496 e. The van der Waals surface area contributed by atoms with E-state index in [0.717, 1.165) is 5.56 Å². The van der Waals surface area contributed by atoms with E-state index in [1.165, 1.54) is 13.4 Å². The number of carbonyl (C=O) groups excluding carboxylic acids is 1. The zero-order valence-electron chi connectivity index (χ0n) is 17.8. The molecule has 32 heavy (non-hydrogen) atoms. The molecule has 4 aromatic rings. The molecule has 0 saturated heterocycles. The van der Waals surface area contributed by atoms with Crippen LogP contribution in [0.4, 0.5) is 0 Å². The maximum absolute atomic E-state index is 12.1. The molecule has 0 aliphatic carbocycles. The van der Waals surface area contributed by atoms with Gasteiger partial charge in [0.25, 0.3) is 5.91 Å². The minimum Gasteiger partial charge on any atom is -0.496 e. The molecule has 0 unspecified atom stereocenters. The molecule has 0 saturated carbocycles. The fourth-order valence-electron chi connectivity index (χ4n) is 3.59. The van der Waals surface area contributed by atoms with Gasteiger partial charge in [-0.05, 0) is 37.1 Å². The number of benzene rings is 2. The lowest BCUT2D eigenvalue weighted by atomic mass is 10.1. The van der Waals surface area contributed by atoms with Crippen molar-refractivity contribution in [2.24, 2.45) is 0 Å². The number of nitrogens with zero attached hydrogens (tertiary/aromatic N) is 2. The number of carboxylic acid groups (broad SMARTS) is 1. The molecule has 0 bridgehead atoms. The van der Waals surface area contributed by atoms with E-state index >= 15 is 0 Å². The number of furan rings is 1. The molecule has 2 aromatic heterocycles. The Kier molecular flexibility index (Phi) is 5.63. The van der Waals surface area contributed by atoms with Gasteiger partial charge in [0.1, 0.15) is 29.2 Å². The van der Waals surface area contributed by atoms with Gasteiger partial charge in [-0.1, -0.05) is 0 Å². The summed E-state index contributed by atoms with van der Waals surface area (Å²) in [4.78, 5) is 31.7. The Labute approximate surface area is 183 Å². The molecular formula is C23H21N3O6. The van der Waals surface area contributed by atoms with Gasteiger partial charge in [-0.15, -0.1) is 0 Å². The highest BCUT2D eigenvalue weighted by atomic mass is 16.5. The van der Waals surface area contributed by atoms with E-state index in [1.807, 2.05) is 0 Å². The lowest BCUT2D eigenvalue weighted by molar-refractivity contribution is -0.136. The molecule has 2 aromatic carbocycles. The third-order valence-corrected chi connectivity index (χ3v) is 5.12. The Morgan fingerprint density at radius 3 is 2.69 bits per heavy atom. The van der Waals surface area contributed by atoms with Crippen LogP contribution in [0.5, 0.6) is 17.4 Å². The number of methoxy groups -OCH3 is 1. The smallest absolute Gasteiger partial charge is 0.303 e. The number of aromatic nitrogens is 2. The van der Waals surface area contributed by atoms with Crippen LogP contribution in [0.15, 0.2) is 41.1 Å². The van der Waals surface area contributed by atoms with Crippen molar-refractivity contribution in [3.05, 3.63) is 53.5 Å². The van der Waals surface area contributed by atoms with Crippen LogP contribution < -0.4 is 14.8 Å². The highest BCUT2D eigenvalue weighted by molar-refractivity contribution is 6.07. The summed E-state index contributed by atoms with van der Waals surface area (Å²) in [6, 6.07) is 8.70. The number of fused-ring (bicyclic) bond motifs is 2. The van der Waals surface area contributed by atoms with Crippen LogP contribution in [0.25, 0.3) is 21.9 Å².